The van der Waals surface area contributed by atoms with Crippen LogP contribution in [0.1, 0.15) is 36.7 Å². The molecule has 22 heavy (non-hydrogen) atoms. The number of anilines is 1. The molecule has 0 bridgehead atoms. The number of nitrogens with one attached hydrogen (secondary N) is 2. The Morgan fingerprint density at radius 2 is 2.32 bits per heavy atom. The maximum absolute atomic E-state index is 12.6. The minimum absolute atomic E-state index is 0.0582. The molecule has 2 aromatic rings. The molecule has 1 aromatic heterocycles. The van der Waals surface area contributed by atoms with Gasteiger partial charge in [-0.1, -0.05) is 17.7 Å². The molecule has 0 aliphatic carbocycles. The number of aromatic nitrogens is 3. The Balaban J connectivity index is 1.75. The van der Waals surface area contributed by atoms with Gasteiger partial charge < -0.3 is 10.2 Å². The van der Waals surface area contributed by atoms with Crippen molar-refractivity contribution in [1.29, 1.82) is 0 Å². The number of aromatic amines is 1. The summed E-state index contributed by atoms with van der Waals surface area (Å²) in [5, 5.41) is 10.3. The van der Waals surface area contributed by atoms with E-state index < -0.39 is 0 Å². The van der Waals surface area contributed by atoms with E-state index in [4.69, 9.17) is 11.6 Å². The maximum atomic E-state index is 12.6. The zero-order valence-electron chi connectivity index (χ0n) is 12.3. The molecule has 6 nitrogen and oxygen atoms in total. The molecule has 2 N–H and O–H groups in total. The van der Waals surface area contributed by atoms with Crippen LogP contribution in [-0.4, -0.2) is 32.7 Å². The lowest BCUT2D eigenvalue weighted by Gasteiger charge is -2.34. The molecule has 1 atom stereocenters. The molecule has 1 aliphatic rings. The van der Waals surface area contributed by atoms with Gasteiger partial charge in [0.15, 0.2) is 0 Å². The van der Waals surface area contributed by atoms with Crippen LogP contribution in [0.15, 0.2) is 24.5 Å². The number of carbonyl (C=O) groups is 1. The first-order valence-electron chi connectivity index (χ1n) is 7.34. The van der Waals surface area contributed by atoms with E-state index in [2.05, 4.69) is 20.5 Å². The lowest BCUT2D eigenvalue weighted by molar-refractivity contribution is 0.159. The zero-order chi connectivity index (χ0) is 15.5. The van der Waals surface area contributed by atoms with Crippen molar-refractivity contribution in [3.63, 3.8) is 0 Å². The third-order valence-electron chi connectivity index (χ3n) is 3.94. The summed E-state index contributed by atoms with van der Waals surface area (Å²) in [5.41, 5.74) is 1.68. The van der Waals surface area contributed by atoms with Crippen LogP contribution in [0.4, 0.5) is 10.5 Å². The Hall–Kier alpha value is -2.08. The van der Waals surface area contributed by atoms with Gasteiger partial charge in [-0.3, -0.25) is 5.10 Å². The van der Waals surface area contributed by atoms with Gasteiger partial charge in [0.2, 0.25) is 0 Å². The molecule has 1 unspecified atom stereocenters. The van der Waals surface area contributed by atoms with E-state index in [1.807, 2.05) is 19.1 Å². The fourth-order valence-corrected chi connectivity index (χ4v) is 2.88. The third-order valence-corrected chi connectivity index (χ3v) is 4.34. The number of amides is 2. The quantitative estimate of drug-likeness (QED) is 0.889. The van der Waals surface area contributed by atoms with Crippen LogP contribution in [0, 0.1) is 6.92 Å². The number of urea groups is 1. The third kappa shape index (κ3) is 3.06. The van der Waals surface area contributed by atoms with Crippen LogP contribution in [0.3, 0.4) is 0 Å². The number of rotatable bonds is 2. The average molecular weight is 320 g/mol. The van der Waals surface area contributed by atoms with Gasteiger partial charge in [-0.15, -0.1) is 0 Å². The second kappa shape index (κ2) is 6.36. The molecule has 1 fully saturated rings. The molecule has 116 valence electrons. The van der Waals surface area contributed by atoms with Crippen molar-refractivity contribution in [1.82, 2.24) is 20.1 Å². The van der Waals surface area contributed by atoms with Crippen molar-refractivity contribution in [2.24, 2.45) is 0 Å². The Bertz CT molecular complexity index is 658. The SMILES string of the molecule is Cc1ccc(NC(=O)N2CCCCC2c2ncn[nH]2)cc1Cl. The Morgan fingerprint density at radius 3 is 3.05 bits per heavy atom. The van der Waals surface area contributed by atoms with E-state index in [0.29, 0.717) is 17.3 Å². The zero-order valence-corrected chi connectivity index (χ0v) is 13.1. The molecular weight excluding hydrogens is 302 g/mol. The number of aryl methyl sites for hydroxylation is 1. The summed E-state index contributed by atoms with van der Waals surface area (Å²) in [5.74, 6) is 0.733. The highest BCUT2D eigenvalue weighted by Crippen LogP contribution is 2.29. The van der Waals surface area contributed by atoms with Gasteiger partial charge in [0.25, 0.3) is 0 Å². The van der Waals surface area contributed by atoms with Crippen molar-refractivity contribution in [2.75, 3.05) is 11.9 Å². The summed E-state index contributed by atoms with van der Waals surface area (Å²) in [4.78, 5) is 18.6. The lowest BCUT2D eigenvalue weighted by atomic mass is 10.0. The number of hydrogen-bond donors (Lipinski definition) is 2. The van der Waals surface area contributed by atoms with E-state index in [1.165, 1.54) is 6.33 Å². The number of piperidine rings is 1. The number of nitrogens with zero attached hydrogens (tertiary/aromatic N) is 3. The highest BCUT2D eigenvalue weighted by Gasteiger charge is 2.29. The summed E-state index contributed by atoms with van der Waals surface area (Å²) in [6, 6.07) is 5.31. The largest absolute Gasteiger partial charge is 0.322 e. The minimum atomic E-state index is -0.138. The van der Waals surface area contributed by atoms with Crippen LogP contribution >= 0.6 is 11.6 Å². The second-order valence-corrected chi connectivity index (χ2v) is 5.88. The average Bonchev–Trinajstić information content (AvgIpc) is 3.05. The minimum Gasteiger partial charge on any atom is -0.314 e. The summed E-state index contributed by atoms with van der Waals surface area (Å²) in [7, 11) is 0. The summed E-state index contributed by atoms with van der Waals surface area (Å²) < 4.78 is 0. The number of benzene rings is 1. The molecule has 3 rings (SSSR count). The normalized spacial score (nSPS) is 18.3. The summed E-state index contributed by atoms with van der Waals surface area (Å²) in [6.07, 6.45) is 4.43. The van der Waals surface area contributed by atoms with Gasteiger partial charge in [0, 0.05) is 17.3 Å². The predicted molar refractivity (Wildman–Crippen MR) is 84.9 cm³/mol. The van der Waals surface area contributed by atoms with E-state index in [-0.39, 0.29) is 12.1 Å². The maximum Gasteiger partial charge on any atom is 0.322 e. The van der Waals surface area contributed by atoms with Gasteiger partial charge in [-0.2, -0.15) is 5.10 Å². The molecule has 0 saturated carbocycles. The van der Waals surface area contributed by atoms with Crippen molar-refractivity contribution in [3.05, 3.63) is 40.9 Å². The van der Waals surface area contributed by atoms with Crippen LogP contribution in [0.5, 0.6) is 0 Å². The first-order valence-corrected chi connectivity index (χ1v) is 7.72. The molecule has 1 saturated heterocycles. The van der Waals surface area contributed by atoms with Gasteiger partial charge >= 0.3 is 6.03 Å². The standard InChI is InChI=1S/C15H18ClN5O/c1-10-5-6-11(8-12(10)16)19-15(22)21-7-3-2-4-13(21)14-17-9-18-20-14/h5-6,8-9,13H,2-4,7H2,1H3,(H,19,22)(H,17,18,20). The first kappa shape index (κ1) is 14.8. The van der Waals surface area contributed by atoms with E-state index in [0.717, 1.165) is 30.7 Å². The van der Waals surface area contributed by atoms with Gasteiger partial charge in [0.1, 0.15) is 12.2 Å². The topological polar surface area (TPSA) is 73.9 Å². The lowest BCUT2D eigenvalue weighted by Crippen LogP contribution is -2.41. The molecule has 7 heteroatoms. The van der Waals surface area contributed by atoms with Crippen LogP contribution in [0.2, 0.25) is 5.02 Å². The second-order valence-electron chi connectivity index (χ2n) is 5.47. The number of likely N-dealkylation sites (tertiary alicyclic amines) is 1. The predicted octanol–water partition coefficient (Wildman–Crippen LogP) is 3.53. The smallest absolute Gasteiger partial charge is 0.314 e. The number of H-pyrrole nitrogens is 1. The molecule has 2 amide bonds. The molecule has 0 spiro atoms. The van der Waals surface area contributed by atoms with Crippen LogP contribution in [-0.2, 0) is 0 Å². The van der Waals surface area contributed by atoms with E-state index in [1.54, 1.807) is 11.0 Å². The van der Waals surface area contributed by atoms with Gasteiger partial charge in [0.05, 0.1) is 6.04 Å². The van der Waals surface area contributed by atoms with Crippen molar-refractivity contribution >= 4 is 23.3 Å². The van der Waals surface area contributed by atoms with Crippen LogP contribution < -0.4 is 5.32 Å². The highest BCUT2D eigenvalue weighted by atomic mass is 35.5. The molecule has 0 radical (unpaired) electrons. The molecule has 1 aliphatic heterocycles. The summed E-state index contributed by atoms with van der Waals surface area (Å²) in [6.45, 7) is 2.63. The molecular formula is C15H18ClN5O. The number of hydrogen-bond acceptors (Lipinski definition) is 3. The fraction of sp³-hybridized carbons (Fsp3) is 0.400. The van der Waals surface area contributed by atoms with Crippen molar-refractivity contribution < 1.29 is 4.79 Å². The summed E-state index contributed by atoms with van der Waals surface area (Å²) >= 11 is 6.10. The number of carbonyl (C=O) groups excluding carboxylic acids is 1. The van der Waals surface area contributed by atoms with Crippen LogP contribution in [0.25, 0.3) is 0 Å². The van der Waals surface area contributed by atoms with Gasteiger partial charge in [-0.05, 0) is 43.9 Å². The van der Waals surface area contributed by atoms with E-state index >= 15 is 0 Å². The van der Waals surface area contributed by atoms with Crippen molar-refractivity contribution in [3.8, 4) is 0 Å². The highest BCUT2D eigenvalue weighted by molar-refractivity contribution is 6.31. The molecule has 2 heterocycles. The fourth-order valence-electron chi connectivity index (χ4n) is 2.70. The van der Waals surface area contributed by atoms with Gasteiger partial charge in [-0.25, -0.2) is 9.78 Å². The first-order chi connectivity index (χ1) is 10.6. The molecule has 1 aromatic carbocycles. The number of halogens is 1. The Labute approximate surface area is 133 Å². The Kier molecular flexibility index (Phi) is 4.29. The monoisotopic (exact) mass is 319 g/mol. The van der Waals surface area contributed by atoms with Crippen molar-refractivity contribution in [2.45, 2.75) is 32.2 Å². The van der Waals surface area contributed by atoms with E-state index in [9.17, 15) is 4.79 Å². The Morgan fingerprint density at radius 1 is 1.45 bits per heavy atom.